The average molecular weight is 398 g/mol. The lowest BCUT2D eigenvalue weighted by Gasteiger charge is -2.32. The summed E-state index contributed by atoms with van der Waals surface area (Å²) in [7, 11) is 0. The molecule has 1 aliphatic heterocycles. The molecule has 0 spiro atoms. The summed E-state index contributed by atoms with van der Waals surface area (Å²) in [5.41, 5.74) is 0.530. The van der Waals surface area contributed by atoms with Crippen LogP contribution < -0.4 is 4.74 Å². The molecule has 0 fully saturated rings. The van der Waals surface area contributed by atoms with Crippen LogP contribution in [-0.2, 0) is 6.42 Å². The highest BCUT2D eigenvalue weighted by molar-refractivity contribution is 5.82. The van der Waals surface area contributed by atoms with E-state index in [4.69, 9.17) is 4.74 Å². The number of rotatable bonds is 2. The second-order valence-corrected chi connectivity index (χ2v) is 6.85. The van der Waals surface area contributed by atoms with Gasteiger partial charge in [-0.15, -0.1) is 0 Å². The van der Waals surface area contributed by atoms with Crippen LogP contribution in [-0.4, -0.2) is 41.8 Å². The van der Waals surface area contributed by atoms with Crippen LogP contribution in [0.1, 0.15) is 17.2 Å². The van der Waals surface area contributed by atoms with E-state index < -0.39 is 23.7 Å². The monoisotopic (exact) mass is 398 g/mol. The second kappa shape index (κ2) is 6.68. The van der Waals surface area contributed by atoms with Crippen molar-refractivity contribution in [1.29, 1.82) is 0 Å². The number of aliphatic hydroxyl groups is 1. The van der Waals surface area contributed by atoms with Crippen molar-refractivity contribution in [3.05, 3.63) is 53.6 Å². The minimum Gasteiger partial charge on any atom is -0.508 e. The van der Waals surface area contributed by atoms with Gasteiger partial charge in [0.25, 0.3) is 0 Å². The highest BCUT2D eigenvalue weighted by Crippen LogP contribution is 2.49. The van der Waals surface area contributed by atoms with E-state index in [9.17, 15) is 35.7 Å². The van der Waals surface area contributed by atoms with E-state index >= 15 is 0 Å². The number of fused-ring (bicyclic) bond motifs is 1. The first-order chi connectivity index (χ1) is 13.8. The van der Waals surface area contributed by atoms with Gasteiger partial charge < -0.3 is 40.5 Å². The largest absolute Gasteiger partial charge is 0.508 e. The third-order valence-electron chi connectivity index (χ3n) is 4.93. The molecule has 0 unspecified atom stereocenters. The van der Waals surface area contributed by atoms with Gasteiger partial charge in [-0.05, 0) is 24.3 Å². The molecule has 0 radical (unpaired) electrons. The third kappa shape index (κ3) is 3.09. The van der Waals surface area contributed by atoms with Gasteiger partial charge in [0.05, 0.1) is 6.10 Å². The predicted octanol–water partition coefficient (Wildman–Crippen LogP) is 2.62. The highest BCUT2D eigenvalue weighted by atomic mass is 16.5. The van der Waals surface area contributed by atoms with Crippen LogP contribution in [0, 0.1) is 0 Å². The van der Waals surface area contributed by atoms with Crippen LogP contribution in [0.5, 0.6) is 40.2 Å². The quantitative estimate of drug-likeness (QED) is 0.257. The Morgan fingerprint density at radius 3 is 2.24 bits per heavy atom. The van der Waals surface area contributed by atoms with E-state index in [1.807, 2.05) is 0 Å². The Morgan fingerprint density at radius 1 is 0.759 bits per heavy atom. The lowest BCUT2D eigenvalue weighted by Crippen LogP contribution is -2.30. The molecule has 7 N–H and O–H groups in total. The van der Waals surface area contributed by atoms with Crippen LogP contribution in [0.2, 0.25) is 0 Å². The molecule has 29 heavy (non-hydrogen) atoms. The Hall–Kier alpha value is -3.78. The Balaban J connectivity index is 1.90. The predicted molar refractivity (Wildman–Crippen MR) is 101 cm³/mol. The summed E-state index contributed by atoms with van der Waals surface area (Å²) in [5, 5.41) is 70.9. The zero-order valence-corrected chi connectivity index (χ0v) is 14.9. The average Bonchev–Trinajstić information content (AvgIpc) is 2.66. The van der Waals surface area contributed by atoms with Crippen molar-refractivity contribution < 1.29 is 40.5 Å². The van der Waals surface area contributed by atoms with Crippen LogP contribution in [0.4, 0.5) is 0 Å². The van der Waals surface area contributed by atoms with Gasteiger partial charge in [-0.3, -0.25) is 0 Å². The minimum absolute atomic E-state index is 0.000780. The number of hydrogen-bond acceptors (Lipinski definition) is 8. The maximum atomic E-state index is 10.7. The van der Waals surface area contributed by atoms with Crippen molar-refractivity contribution in [1.82, 2.24) is 0 Å². The molecular weight excluding hydrogens is 380 g/mol. The first-order valence-electron chi connectivity index (χ1n) is 8.73. The zero-order chi connectivity index (χ0) is 20.9. The Bertz CT molecular complexity index is 1110. The van der Waals surface area contributed by atoms with E-state index in [2.05, 4.69) is 0 Å². The molecule has 3 aromatic rings. The molecule has 8 heteroatoms. The van der Waals surface area contributed by atoms with Gasteiger partial charge in [0.1, 0.15) is 28.7 Å². The van der Waals surface area contributed by atoms with Gasteiger partial charge in [-0.1, -0.05) is 6.07 Å². The number of phenolic OH excluding ortho intramolecular Hbond substituents is 6. The molecule has 1 aliphatic rings. The molecule has 1 heterocycles. The lowest BCUT2D eigenvalue weighted by atomic mass is 9.88. The third-order valence-corrected chi connectivity index (χ3v) is 4.93. The standard InChI is InChI=1S/C21H18O8/c22-9-1-3-14(24)13(5-9)19-11(2-4-15(25)20(19)28)21-17(27)8-12-16(26)6-10(23)7-18(12)29-21/h1-7,17,21-28H,8H2/t17-,21+/m0/s1. The van der Waals surface area contributed by atoms with Gasteiger partial charge in [-0.2, -0.15) is 0 Å². The molecule has 0 amide bonds. The Morgan fingerprint density at radius 2 is 1.48 bits per heavy atom. The van der Waals surface area contributed by atoms with Crippen molar-refractivity contribution in [3.8, 4) is 51.4 Å². The molecule has 8 nitrogen and oxygen atoms in total. The van der Waals surface area contributed by atoms with E-state index in [-0.39, 0.29) is 51.9 Å². The molecule has 0 aliphatic carbocycles. The summed E-state index contributed by atoms with van der Waals surface area (Å²) in [6.45, 7) is 0. The topological polar surface area (TPSA) is 151 Å². The van der Waals surface area contributed by atoms with Gasteiger partial charge in [0, 0.05) is 40.8 Å². The smallest absolute Gasteiger partial charge is 0.165 e. The molecule has 4 rings (SSSR count). The van der Waals surface area contributed by atoms with Gasteiger partial charge >= 0.3 is 0 Å². The summed E-state index contributed by atoms with van der Waals surface area (Å²) in [4.78, 5) is 0. The molecular formula is C21H18O8. The van der Waals surface area contributed by atoms with Crippen molar-refractivity contribution in [2.45, 2.75) is 18.6 Å². The number of aromatic hydroxyl groups is 6. The Labute approximate surface area is 164 Å². The number of benzene rings is 3. The maximum absolute atomic E-state index is 10.7. The lowest BCUT2D eigenvalue weighted by molar-refractivity contribution is 0.0200. The number of aliphatic hydroxyl groups excluding tert-OH is 1. The van der Waals surface area contributed by atoms with Gasteiger partial charge in [0.15, 0.2) is 17.6 Å². The van der Waals surface area contributed by atoms with Crippen molar-refractivity contribution >= 4 is 0 Å². The van der Waals surface area contributed by atoms with Gasteiger partial charge in [0.2, 0.25) is 0 Å². The molecule has 0 aromatic heterocycles. The zero-order valence-electron chi connectivity index (χ0n) is 14.9. The SMILES string of the molecule is Oc1cc(O)c2c(c1)O[C@H](c1ccc(O)c(O)c1-c1cc(O)ccc1O)[C@@H](O)C2. The fraction of sp³-hybridized carbons (Fsp3) is 0.143. The van der Waals surface area contributed by atoms with E-state index in [1.165, 1.54) is 36.4 Å². The van der Waals surface area contributed by atoms with Crippen LogP contribution in [0.3, 0.4) is 0 Å². The molecule has 150 valence electrons. The first kappa shape index (κ1) is 18.6. The fourth-order valence-corrected chi connectivity index (χ4v) is 3.57. The molecule has 3 aromatic carbocycles. The van der Waals surface area contributed by atoms with Crippen LogP contribution >= 0.6 is 0 Å². The molecule has 0 saturated heterocycles. The summed E-state index contributed by atoms with van der Waals surface area (Å²) in [6, 6.07) is 8.73. The maximum Gasteiger partial charge on any atom is 0.165 e. The summed E-state index contributed by atoms with van der Waals surface area (Å²) in [5.74, 6) is -1.79. The van der Waals surface area contributed by atoms with Crippen molar-refractivity contribution in [2.75, 3.05) is 0 Å². The second-order valence-electron chi connectivity index (χ2n) is 6.85. The van der Waals surface area contributed by atoms with E-state index in [0.29, 0.717) is 5.56 Å². The number of phenols is 6. The molecule has 2 atom stereocenters. The van der Waals surface area contributed by atoms with Crippen molar-refractivity contribution in [2.24, 2.45) is 0 Å². The molecule has 0 bridgehead atoms. The summed E-state index contributed by atoms with van der Waals surface area (Å²) < 4.78 is 5.81. The van der Waals surface area contributed by atoms with Crippen LogP contribution in [0.15, 0.2) is 42.5 Å². The fourth-order valence-electron chi connectivity index (χ4n) is 3.57. The number of hydrogen-bond donors (Lipinski definition) is 7. The van der Waals surface area contributed by atoms with Crippen molar-refractivity contribution in [3.63, 3.8) is 0 Å². The first-order valence-corrected chi connectivity index (χ1v) is 8.73. The highest BCUT2D eigenvalue weighted by Gasteiger charge is 2.35. The van der Waals surface area contributed by atoms with E-state index in [1.54, 1.807) is 0 Å². The summed E-state index contributed by atoms with van der Waals surface area (Å²) >= 11 is 0. The summed E-state index contributed by atoms with van der Waals surface area (Å²) in [6.07, 6.45) is -2.22. The normalized spacial score (nSPS) is 18.1. The van der Waals surface area contributed by atoms with Gasteiger partial charge in [-0.25, -0.2) is 0 Å². The van der Waals surface area contributed by atoms with Crippen LogP contribution in [0.25, 0.3) is 11.1 Å². The molecule has 0 saturated carbocycles. The number of ether oxygens (including phenoxy) is 1. The van der Waals surface area contributed by atoms with E-state index in [0.717, 1.165) is 6.07 Å². The minimum atomic E-state index is -1.15. The Kier molecular flexibility index (Phi) is 4.28.